The number of carbonyl (C=O) groups excluding carboxylic acids is 1. The number of rotatable bonds is 2. The number of ketones is 1. The van der Waals surface area contributed by atoms with Crippen molar-refractivity contribution >= 4 is 18.2 Å². The highest BCUT2D eigenvalue weighted by Crippen LogP contribution is 2.17. The van der Waals surface area contributed by atoms with Crippen LogP contribution in [0.1, 0.15) is 26.2 Å². The maximum Gasteiger partial charge on any atom is 0.135 e. The van der Waals surface area contributed by atoms with Gasteiger partial charge in [-0.25, -0.2) is 0 Å². The van der Waals surface area contributed by atoms with E-state index in [0.29, 0.717) is 18.1 Å². The first kappa shape index (κ1) is 11.9. The molecule has 12 heavy (non-hydrogen) atoms. The molecule has 0 aromatic rings. The number of piperidine rings is 1. The average Bonchev–Trinajstić information content (AvgIpc) is 2.05. The minimum absolute atomic E-state index is 0. The van der Waals surface area contributed by atoms with E-state index in [1.54, 1.807) is 0 Å². The lowest BCUT2D eigenvalue weighted by Gasteiger charge is -2.27. The molecule has 72 valence electrons. The molecular weight excluding hydrogens is 174 g/mol. The van der Waals surface area contributed by atoms with Crippen molar-refractivity contribution < 1.29 is 4.79 Å². The van der Waals surface area contributed by atoms with Crippen LogP contribution in [-0.4, -0.2) is 30.8 Å². The van der Waals surface area contributed by atoms with E-state index in [4.69, 9.17) is 0 Å². The van der Waals surface area contributed by atoms with E-state index in [-0.39, 0.29) is 12.4 Å². The summed E-state index contributed by atoms with van der Waals surface area (Å²) in [6.07, 6.45) is 2.86. The summed E-state index contributed by atoms with van der Waals surface area (Å²) < 4.78 is 0. The number of nitrogens with zero attached hydrogens (tertiary/aromatic N) is 1. The van der Waals surface area contributed by atoms with Gasteiger partial charge in [-0.05, 0) is 33.0 Å². The molecule has 1 fully saturated rings. The molecule has 0 aromatic heterocycles. The smallest absolute Gasteiger partial charge is 0.135 e. The lowest BCUT2D eigenvalue weighted by Crippen LogP contribution is -2.33. The second-order valence-electron chi connectivity index (χ2n) is 3.40. The molecule has 0 atom stereocenters. The van der Waals surface area contributed by atoms with E-state index in [9.17, 15) is 4.79 Å². The van der Waals surface area contributed by atoms with Crippen molar-refractivity contribution in [1.29, 1.82) is 0 Å². The Bertz CT molecular complexity index is 141. The van der Waals surface area contributed by atoms with Gasteiger partial charge in [-0.2, -0.15) is 0 Å². The lowest BCUT2D eigenvalue weighted by molar-refractivity contribution is -0.123. The summed E-state index contributed by atoms with van der Waals surface area (Å²) in [5, 5.41) is 0. The Labute approximate surface area is 80.7 Å². The molecule has 1 heterocycles. The molecule has 1 aliphatic heterocycles. The topological polar surface area (TPSA) is 20.3 Å². The van der Waals surface area contributed by atoms with Gasteiger partial charge in [0.25, 0.3) is 0 Å². The fourth-order valence-corrected chi connectivity index (χ4v) is 1.62. The lowest BCUT2D eigenvalue weighted by atomic mass is 9.92. The van der Waals surface area contributed by atoms with Crippen LogP contribution in [0.2, 0.25) is 0 Å². The van der Waals surface area contributed by atoms with Crippen molar-refractivity contribution in [3.05, 3.63) is 0 Å². The van der Waals surface area contributed by atoms with Crippen LogP contribution in [0.5, 0.6) is 0 Å². The summed E-state index contributed by atoms with van der Waals surface area (Å²) in [6, 6.07) is 0. The Morgan fingerprint density at radius 3 is 2.33 bits per heavy atom. The van der Waals surface area contributed by atoms with Gasteiger partial charge in [-0.3, -0.25) is 4.79 Å². The number of carbonyl (C=O) groups is 1. The number of likely N-dealkylation sites (tertiary alicyclic amines) is 1. The third kappa shape index (κ3) is 3.11. The number of Topliss-reactive ketones (excluding diaryl/α,β-unsaturated/α-hetero) is 1. The second-order valence-corrected chi connectivity index (χ2v) is 3.40. The van der Waals surface area contributed by atoms with Gasteiger partial charge in [0.2, 0.25) is 0 Å². The fraction of sp³-hybridized carbons (Fsp3) is 0.889. The molecule has 0 bridgehead atoms. The number of halogens is 1. The molecule has 0 amide bonds. The second kappa shape index (κ2) is 5.55. The SMILES string of the molecule is CCC(=O)C1CCN(C)CC1.Cl. The fourth-order valence-electron chi connectivity index (χ4n) is 1.62. The summed E-state index contributed by atoms with van der Waals surface area (Å²) in [5.41, 5.74) is 0. The van der Waals surface area contributed by atoms with Crippen LogP contribution in [0.15, 0.2) is 0 Å². The van der Waals surface area contributed by atoms with Gasteiger partial charge in [0.05, 0.1) is 0 Å². The summed E-state index contributed by atoms with van der Waals surface area (Å²) in [5.74, 6) is 0.828. The van der Waals surface area contributed by atoms with Crippen LogP contribution < -0.4 is 0 Å². The summed E-state index contributed by atoms with van der Waals surface area (Å²) >= 11 is 0. The summed E-state index contributed by atoms with van der Waals surface area (Å²) in [4.78, 5) is 13.5. The Balaban J connectivity index is 0.00000121. The Morgan fingerprint density at radius 2 is 1.92 bits per heavy atom. The predicted octanol–water partition coefficient (Wildman–Crippen LogP) is 1.73. The Hall–Kier alpha value is -0.0800. The van der Waals surface area contributed by atoms with Gasteiger partial charge < -0.3 is 4.90 Å². The minimum Gasteiger partial charge on any atom is -0.306 e. The molecule has 1 rings (SSSR count). The molecule has 0 spiro atoms. The first-order chi connectivity index (χ1) is 5.24. The van der Waals surface area contributed by atoms with Crippen molar-refractivity contribution in [3.8, 4) is 0 Å². The van der Waals surface area contributed by atoms with E-state index in [1.807, 2.05) is 6.92 Å². The van der Waals surface area contributed by atoms with Crippen molar-refractivity contribution in [3.63, 3.8) is 0 Å². The van der Waals surface area contributed by atoms with Crippen LogP contribution >= 0.6 is 12.4 Å². The molecule has 0 unspecified atom stereocenters. The Kier molecular flexibility index (Phi) is 5.51. The molecule has 0 N–H and O–H groups in total. The maximum absolute atomic E-state index is 11.3. The Morgan fingerprint density at radius 1 is 1.42 bits per heavy atom. The van der Waals surface area contributed by atoms with Crippen molar-refractivity contribution in [1.82, 2.24) is 4.90 Å². The van der Waals surface area contributed by atoms with E-state index in [0.717, 1.165) is 25.9 Å². The normalized spacial score (nSPS) is 20.2. The highest BCUT2D eigenvalue weighted by atomic mass is 35.5. The molecule has 2 nitrogen and oxygen atoms in total. The molecular formula is C9H18ClNO. The molecule has 0 aromatic carbocycles. The number of hydrogen-bond acceptors (Lipinski definition) is 2. The average molecular weight is 192 g/mol. The maximum atomic E-state index is 11.3. The van der Waals surface area contributed by atoms with E-state index >= 15 is 0 Å². The molecule has 1 saturated heterocycles. The molecule has 0 saturated carbocycles. The molecule has 0 radical (unpaired) electrons. The monoisotopic (exact) mass is 191 g/mol. The first-order valence-electron chi connectivity index (χ1n) is 4.45. The van der Waals surface area contributed by atoms with Crippen molar-refractivity contribution in [2.24, 2.45) is 5.92 Å². The van der Waals surface area contributed by atoms with Gasteiger partial charge in [-0.1, -0.05) is 6.92 Å². The standard InChI is InChI=1S/C9H17NO.ClH/c1-3-9(11)8-4-6-10(2)7-5-8;/h8H,3-7H2,1-2H3;1H. The highest BCUT2D eigenvalue weighted by molar-refractivity contribution is 5.85. The zero-order valence-electron chi connectivity index (χ0n) is 7.88. The number of hydrogen-bond donors (Lipinski definition) is 0. The van der Waals surface area contributed by atoms with Crippen LogP contribution in [0.4, 0.5) is 0 Å². The van der Waals surface area contributed by atoms with Gasteiger partial charge in [0.15, 0.2) is 0 Å². The molecule has 3 heteroatoms. The van der Waals surface area contributed by atoms with Crippen LogP contribution in [0.3, 0.4) is 0 Å². The minimum atomic E-state index is 0. The summed E-state index contributed by atoms with van der Waals surface area (Å²) in [6.45, 7) is 4.15. The zero-order valence-corrected chi connectivity index (χ0v) is 8.69. The largest absolute Gasteiger partial charge is 0.306 e. The van der Waals surface area contributed by atoms with E-state index < -0.39 is 0 Å². The van der Waals surface area contributed by atoms with Gasteiger partial charge in [0.1, 0.15) is 5.78 Å². The van der Waals surface area contributed by atoms with Crippen molar-refractivity contribution in [2.75, 3.05) is 20.1 Å². The van der Waals surface area contributed by atoms with Gasteiger partial charge >= 0.3 is 0 Å². The van der Waals surface area contributed by atoms with Gasteiger partial charge in [0, 0.05) is 12.3 Å². The van der Waals surface area contributed by atoms with Crippen LogP contribution in [-0.2, 0) is 4.79 Å². The summed E-state index contributed by atoms with van der Waals surface area (Å²) in [7, 11) is 2.12. The molecule has 0 aliphatic carbocycles. The van der Waals surface area contributed by atoms with Crippen LogP contribution in [0.25, 0.3) is 0 Å². The molecule has 1 aliphatic rings. The predicted molar refractivity (Wildman–Crippen MR) is 52.8 cm³/mol. The third-order valence-electron chi connectivity index (χ3n) is 2.52. The van der Waals surface area contributed by atoms with Gasteiger partial charge in [-0.15, -0.1) is 12.4 Å². The van der Waals surface area contributed by atoms with E-state index in [1.165, 1.54) is 0 Å². The van der Waals surface area contributed by atoms with Crippen molar-refractivity contribution in [2.45, 2.75) is 26.2 Å². The van der Waals surface area contributed by atoms with Crippen LogP contribution in [0, 0.1) is 5.92 Å². The third-order valence-corrected chi connectivity index (χ3v) is 2.52. The quantitative estimate of drug-likeness (QED) is 0.663. The zero-order chi connectivity index (χ0) is 8.27. The first-order valence-corrected chi connectivity index (χ1v) is 4.45. The van der Waals surface area contributed by atoms with E-state index in [2.05, 4.69) is 11.9 Å². The highest BCUT2D eigenvalue weighted by Gasteiger charge is 2.21.